The summed E-state index contributed by atoms with van der Waals surface area (Å²) < 4.78 is 7.81. The zero-order valence-electron chi connectivity index (χ0n) is 14.6. The van der Waals surface area contributed by atoms with Crippen LogP contribution in [-0.2, 0) is 0 Å². The molecule has 2 N–H and O–H groups in total. The summed E-state index contributed by atoms with van der Waals surface area (Å²) in [6, 6.07) is 6.48. The molecule has 1 aliphatic carbocycles. The van der Waals surface area contributed by atoms with E-state index < -0.39 is 0 Å². The molecule has 1 saturated carbocycles. The number of anilines is 1. The predicted molar refractivity (Wildman–Crippen MR) is 99.3 cm³/mol. The molecule has 1 unspecified atom stereocenters. The van der Waals surface area contributed by atoms with Crippen molar-refractivity contribution in [3.8, 4) is 17.3 Å². The van der Waals surface area contributed by atoms with Gasteiger partial charge in [-0.15, -0.1) is 0 Å². The molecular formula is C19H22N6O. The largest absolute Gasteiger partial charge is 0.476 e. The number of pyridine rings is 1. The summed E-state index contributed by atoms with van der Waals surface area (Å²) >= 11 is 0. The summed E-state index contributed by atoms with van der Waals surface area (Å²) in [5.74, 6) is 2.23. The van der Waals surface area contributed by atoms with Gasteiger partial charge in [0.05, 0.1) is 36.6 Å². The molecule has 3 aromatic heterocycles. The van der Waals surface area contributed by atoms with Gasteiger partial charge in [0.1, 0.15) is 5.82 Å². The van der Waals surface area contributed by atoms with Crippen LogP contribution in [0.4, 0.5) is 5.82 Å². The van der Waals surface area contributed by atoms with E-state index in [1.165, 1.54) is 12.8 Å². The van der Waals surface area contributed by atoms with Crippen LogP contribution in [0.5, 0.6) is 5.88 Å². The molecule has 0 spiro atoms. The van der Waals surface area contributed by atoms with Crippen LogP contribution in [0, 0.1) is 5.92 Å². The number of hydrogen-bond acceptors (Lipinski definition) is 6. The first-order valence-electron chi connectivity index (χ1n) is 9.26. The summed E-state index contributed by atoms with van der Waals surface area (Å²) in [5.41, 5.74) is 2.61. The van der Waals surface area contributed by atoms with Crippen LogP contribution in [0.3, 0.4) is 0 Å². The Labute approximate surface area is 151 Å². The zero-order chi connectivity index (χ0) is 17.3. The Balaban J connectivity index is 1.42. The second-order valence-electron chi connectivity index (χ2n) is 7.09. The molecule has 2 fully saturated rings. The predicted octanol–water partition coefficient (Wildman–Crippen LogP) is 2.35. The molecular weight excluding hydrogens is 328 g/mol. The number of fused-ring (bicyclic) bond motifs is 1. The number of rotatable bonds is 6. The summed E-state index contributed by atoms with van der Waals surface area (Å²) in [4.78, 5) is 13.6. The maximum Gasteiger partial charge on any atom is 0.230 e. The number of nitrogens with one attached hydrogen (secondary N) is 2. The molecule has 0 radical (unpaired) electrons. The lowest BCUT2D eigenvalue weighted by Gasteiger charge is -2.12. The summed E-state index contributed by atoms with van der Waals surface area (Å²) in [6.45, 7) is 2.78. The topological polar surface area (TPSA) is 76.4 Å². The second kappa shape index (κ2) is 6.57. The van der Waals surface area contributed by atoms with Crippen molar-refractivity contribution in [1.29, 1.82) is 0 Å². The summed E-state index contributed by atoms with van der Waals surface area (Å²) in [5, 5.41) is 6.87. The maximum absolute atomic E-state index is 5.81. The van der Waals surface area contributed by atoms with E-state index in [0.717, 1.165) is 49.0 Å². The summed E-state index contributed by atoms with van der Waals surface area (Å²) in [6.07, 6.45) is 9.14. The first-order chi connectivity index (χ1) is 12.8. The van der Waals surface area contributed by atoms with Gasteiger partial charge in [-0.25, -0.2) is 15.0 Å². The highest BCUT2D eigenvalue weighted by Crippen LogP contribution is 2.29. The van der Waals surface area contributed by atoms with Crippen LogP contribution in [0.2, 0.25) is 0 Å². The van der Waals surface area contributed by atoms with Crippen LogP contribution in [0.25, 0.3) is 17.0 Å². The molecule has 3 aromatic rings. The van der Waals surface area contributed by atoms with Gasteiger partial charge in [0, 0.05) is 12.6 Å². The van der Waals surface area contributed by atoms with Crippen molar-refractivity contribution in [2.45, 2.75) is 25.3 Å². The highest BCUT2D eigenvalue weighted by atomic mass is 16.5. The van der Waals surface area contributed by atoms with Gasteiger partial charge < -0.3 is 15.4 Å². The van der Waals surface area contributed by atoms with E-state index in [4.69, 9.17) is 9.72 Å². The molecule has 4 heterocycles. The van der Waals surface area contributed by atoms with Crippen LogP contribution >= 0.6 is 0 Å². The minimum atomic E-state index is 0.437. The Morgan fingerprint density at radius 3 is 3.00 bits per heavy atom. The van der Waals surface area contributed by atoms with Gasteiger partial charge in [0.2, 0.25) is 5.88 Å². The minimum absolute atomic E-state index is 0.437. The third-order valence-corrected chi connectivity index (χ3v) is 4.96. The highest BCUT2D eigenvalue weighted by Gasteiger charge is 2.22. The van der Waals surface area contributed by atoms with Crippen molar-refractivity contribution in [2.24, 2.45) is 5.92 Å². The summed E-state index contributed by atoms with van der Waals surface area (Å²) in [7, 11) is 0. The molecule has 1 saturated heterocycles. The SMILES string of the molecule is c1cc(NC2CCNC2)nc(-c2cnc3cnc(OCC4CC4)cn23)c1. The molecule has 26 heavy (non-hydrogen) atoms. The minimum Gasteiger partial charge on any atom is -0.476 e. The zero-order valence-corrected chi connectivity index (χ0v) is 14.6. The third-order valence-electron chi connectivity index (χ3n) is 4.96. The first-order valence-corrected chi connectivity index (χ1v) is 9.26. The molecule has 0 bridgehead atoms. The lowest BCUT2D eigenvalue weighted by molar-refractivity contribution is 0.287. The van der Waals surface area contributed by atoms with Gasteiger partial charge in [-0.3, -0.25) is 4.40 Å². The molecule has 5 rings (SSSR count). The van der Waals surface area contributed by atoms with E-state index in [1.807, 2.05) is 35.0 Å². The number of nitrogens with zero attached hydrogens (tertiary/aromatic N) is 4. The van der Waals surface area contributed by atoms with Gasteiger partial charge >= 0.3 is 0 Å². The lowest BCUT2D eigenvalue weighted by atomic mass is 10.2. The van der Waals surface area contributed by atoms with Crippen LogP contribution in [0.15, 0.2) is 36.8 Å². The van der Waals surface area contributed by atoms with Gasteiger partial charge in [-0.1, -0.05) is 6.07 Å². The first kappa shape index (κ1) is 15.6. The standard InChI is InChI=1S/C19H22N6O/c1-2-15(24-17(3-1)23-14-6-7-20-8-14)16-9-21-18-10-22-19(11-25(16)18)26-12-13-4-5-13/h1-3,9-11,13-14,20H,4-8,12H2,(H,23,24). The number of aromatic nitrogens is 4. The van der Waals surface area contributed by atoms with E-state index in [2.05, 4.69) is 20.6 Å². The fourth-order valence-corrected chi connectivity index (χ4v) is 3.27. The van der Waals surface area contributed by atoms with Crippen molar-refractivity contribution in [3.05, 3.63) is 36.8 Å². The molecule has 7 nitrogen and oxygen atoms in total. The van der Waals surface area contributed by atoms with E-state index >= 15 is 0 Å². The fraction of sp³-hybridized carbons (Fsp3) is 0.421. The lowest BCUT2D eigenvalue weighted by Crippen LogP contribution is -2.22. The Bertz CT molecular complexity index is 913. The maximum atomic E-state index is 5.81. The fourth-order valence-electron chi connectivity index (χ4n) is 3.27. The monoisotopic (exact) mass is 350 g/mol. The Hall–Kier alpha value is -2.67. The average molecular weight is 350 g/mol. The van der Waals surface area contributed by atoms with Gasteiger partial charge in [-0.05, 0) is 43.9 Å². The molecule has 7 heteroatoms. The molecule has 134 valence electrons. The normalized spacial score (nSPS) is 19.8. The smallest absolute Gasteiger partial charge is 0.230 e. The number of hydrogen-bond donors (Lipinski definition) is 2. The van der Waals surface area contributed by atoms with Crippen molar-refractivity contribution in [1.82, 2.24) is 24.7 Å². The molecule has 0 aromatic carbocycles. The van der Waals surface area contributed by atoms with Crippen molar-refractivity contribution < 1.29 is 4.74 Å². The molecule has 2 aliphatic rings. The number of imidazole rings is 1. The van der Waals surface area contributed by atoms with E-state index in [0.29, 0.717) is 17.8 Å². The number of ether oxygens (including phenoxy) is 1. The van der Waals surface area contributed by atoms with Gasteiger partial charge in [0.25, 0.3) is 0 Å². The Morgan fingerprint density at radius 1 is 1.19 bits per heavy atom. The van der Waals surface area contributed by atoms with Crippen LogP contribution in [0.1, 0.15) is 19.3 Å². The van der Waals surface area contributed by atoms with Gasteiger partial charge in [-0.2, -0.15) is 0 Å². The van der Waals surface area contributed by atoms with Crippen LogP contribution in [-0.4, -0.2) is 45.1 Å². The molecule has 1 aliphatic heterocycles. The molecule has 0 amide bonds. The third kappa shape index (κ3) is 3.22. The van der Waals surface area contributed by atoms with Crippen LogP contribution < -0.4 is 15.4 Å². The van der Waals surface area contributed by atoms with E-state index in [-0.39, 0.29) is 0 Å². The second-order valence-corrected chi connectivity index (χ2v) is 7.09. The average Bonchev–Trinajstić information content (AvgIpc) is 3.18. The van der Waals surface area contributed by atoms with Crippen molar-refractivity contribution >= 4 is 11.5 Å². The van der Waals surface area contributed by atoms with E-state index in [9.17, 15) is 0 Å². The molecule has 1 atom stereocenters. The van der Waals surface area contributed by atoms with Crippen molar-refractivity contribution in [3.63, 3.8) is 0 Å². The quantitative estimate of drug-likeness (QED) is 0.711. The van der Waals surface area contributed by atoms with Gasteiger partial charge in [0.15, 0.2) is 5.65 Å². The Kier molecular flexibility index (Phi) is 3.93. The van der Waals surface area contributed by atoms with Crippen molar-refractivity contribution in [2.75, 3.05) is 25.0 Å². The Morgan fingerprint density at radius 2 is 2.15 bits per heavy atom. The van der Waals surface area contributed by atoms with E-state index in [1.54, 1.807) is 6.20 Å². The highest BCUT2D eigenvalue weighted by molar-refractivity contribution is 5.61.